The number of benzene rings is 1. The first kappa shape index (κ1) is 17.4. The Balaban J connectivity index is 1.73. The Morgan fingerprint density at radius 3 is 2.56 bits per heavy atom. The third-order valence-electron chi connectivity index (χ3n) is 5.12. The number of carbonyl (C=O) groups is 2. The number of nitro benzene ring substituents is 1. The van der Waals surface area contributed by atoms with E-state index in [1.54, 1.807) is 17.0 Å². The fourth-order valence-corrected chi connectivity index (χ4v) is 3.61. The van der Waals surface area contributed by atoms with Crippen LogP contribution in [0.1, 0.15) is 44.1 Å². The van der Waals surface area contributed by atoms with Crippen LogP contribution in [0.5, 0.6) is 0 Å². The molecule has 1 aromatic carbocycles. The molecule has 2 saturated carbocycles. The summed E-state index contributed by atoms with van der Waals surface area (Å²) in [6, 6.07) is 6.53. The maximum atomic E-state index is 13.0. The van der Waals surface area contributed by atoms with Crippen molar-refractivity contribution >= 4 is 17.6 Å². The van der Waals surface area contributed by atoms with E-state index in [1.807, 2.05) is 0 Å². The van der Waals surface area contributed by atoms with E-state index in [1.165, 1.54) is 12.1 Å². The number of carboxylic acid groups (broad SMARTS) is 1. The maximum Gasteiger partial charge on any atom is 0.306 e. The first-order valence-corrected chi connectivity index (χ1v) is 8.72. The molecule has 2 fully saturated rings. The van der Waals surface area contributed by atoms with Crippen LogP contribution in [-0.2, 0) is 16.1 Å². The van der Waals surface area contributed by atoms with Crippen LogP contribution >= 0.6 is 0 Å². The predicted octanol–water partition coefficient (Wildman–Crippen LogP) is 2.98. The van der Waals surface area contributed by atoms with Crippen LogP contribution in [-0.4, -0.2) is 32.8 Å². The molecule has 2 atom stereocenters. The van der Waals surface area contributed by atoms with Gasteiger partial charge in [-0.05, 0) is 37.7 Å². The van der Waals surface area contributed by atoms with Crippen molar-refractivity contribution in [3.63, 3.8) is 0 Å². The topological polar surface area (TPSA) is 101 Å². The molecule has 0 heterocycles. The normalized spacial score (nSPS) is 23.0. The Kier molecular flexibility index (Phi) is 5.01. The van der Waals surface area contributed by atoms with E-state index in [0.29, 0.717) is 19.4 Å². The SMILES string of the molecule is O=C(O)C1CCCC(C(=O)N(Cc2cccc([N+](=O)[O-])c2)C2CC2)C1. The van der Waals surface area contributed by atoms with Crippen molar-refractivity contribution in [2.24, 2.45) is 11.8 Å². The van der Waals surface area contributed by atoms with Gasteiger partial charge in [0.05, 0.1) is 10.8 Å². The van der Waals surface area contributed by atoms with Gasteiger partial charge >= 0.3 is 5.97 Å². The Morgan fingerprint density at radius 1 is 1.20 bits per heavy atom. The van der Waals surface area contributed by atoms with Crippen LogP contribution in [0.2, 0.25) is 0 Å². The first-order valence-electron chi connectivity index (χ1n) is 8.72. The number of hydrogen-bond donors (Lipinski definition) is 1. The molecule has 2 aliphatic carbocycles. The smallest absolute Gasteiger partial charge is 0.306 e. The van der Waals surface area contributed by atoms with Crippen LogP contribution in [0.4, 0.5) is 5.69 Å². The van der Waals surface area contributed by atoms with Crippen molar-refractivity contribution in [1.82, 2.24) is 4.90 Å². The highest BCUT2D eigenvalue weighted by Gasteiger charge is 2.38. The predicted molar refractivity (Wildman–Crippen MR) is 89.8 cm³/mol. The van der Waals surface area contributed by atoms with Crippen LogP contribution in [0.3, 0.4) is 0 Å². The molecular formula is C18H22N2O5. The summed E-state index contributed by atoms with van der Waals surface area (Å²) in [5.74, 6) is -1.52. The summed E-state index contributed by atoms with van der Waals surface area (Å²) in [6.45, 7) is 0.347. The van der Waals surface area contributed by atoms with Crippen LogP contribution in [0, 0.1) is 22.0 Å². The zero-order valence-electron chi connectivity index (χ0n) is 14.0. The van der Waals surface area contributed by atoms with E-state index in [2.05, 4.69) is 0 Å². The monoisotopic (exact) mass is 346 g/mol. The molecule has 134 valence electrons. The van der Waals surface area contributed by atoms with Crippen molar-refractivity contribution in [2.45, 2.75) is 51.1 Å². The molecule has 7 nitrogen and oxygen atoms in total. The van der Waals surface area contributed by atoms with Crippen LogP contribution in [0.25, 0.3) is 0 Å². The Labute approximate surface area is 145 Å². The molecular weight excluding hydrogens is 324 g/mol. The van der Waals surface area contributed by atoms with Gasteiger partial charge in [-0.1, -0.05) is 18.6 Å². The number of non-ortho nitro benzene ring substituents is 1. The first-order chi connectivity index (χ1) is 12.0. The Hall–Kier alpha value is -2.44. The lowest BCUT2D eigenvalue weighted by molar-refractivity contribution is -0.384. The van der Waals surface area contributed by atoms with Gasteiger partial charge in [-0.3, -0.25) is 19.7 Å². The van der Waals surface area contributed by atoms with E-state index in [-0.39, 0.29) is 23.6 Å². The third kappa shape index (κ3) is 4.15. The van der Waals surface area contributed by atoms with E-state index in [9.17, 15) is 24.8 Å². The van der Waals surface area contributed by atoms with Crippen LogP contribution < -0.4 is 0 Å². The van der Waals surface area contributed by atoms with Crippen molar-refractivity contribution in [3.8, 4) is 0 Å². The summed E-state index contributed by atoms with van der Waals surface area (Å²) in [4.78, 5) is 36.5. The third-order valence-corrected chi connectivity index (χ3v) is 5.12. The lowest BCUT2D eigenvalue weighted by Crippen LogP contribution is -2.40. The number of nitro groups is 1. The highest BCUT2D eigenvalue weighted by Crippen LogP contribution is 2.35. The second-order valence-corrected chi connectivity index (χ2v) is 7.02. The molecule has 0 aromatic heterocycles. The number of amides is 1. The Morgan fingerprint density at radius 2 is 1.92 bits per heavy atom. The summed E-state index contributed by atoms with van der Waals surface area (Å²) in [6.07, 6.45) is 4.38. The molecule has 0 spiro atoms. The zero-order valence-corrected chi connectivity index (χ0v) is 14.0. The average molecular weight is 346 g/mol. The molecule has 2 aliphatic rings. The summed E-state index contributed by atoms with van der Waals surface area (Å²) < 4.78 is 0. The van der Waals surface area contributed by atoms with Crippen molar-refractivity contribution in [2.75, 3.05) is 0 Å². The summed E-state index contributed by atoms with van der Waals surface area (Å²) >= 11 is 0. The highest BCUT2D eigenvalue weighted by molar-refractivity contribution is 5.81. The van der Waals surface area contributed by atoms with Gasteiger partial charge in [0.15, 0.2) is 0 Å². The number of rotatable bonds is 6. The maximum absolute atomic E-state index is 13.0. The van der Waals surface area contributed by atoms with Gasteiger partial charge in [-0.25, -0.2) is 0 Å². The molecule has 0 radical (unpaired) electrons. The summed E-state index contributed by atoms with van der Waals surface area (Å²) in [7, 11) is 0. The van der Waals surface area contributed by atoms with Crippen molar-refractivity contribution in [3.05, 3.63) is 39.9 Å². The zero-order chi connectivity index (χ0) is 18.0. The summed E-state index contributed by atoms with van der Waals surface area (Å²) in [5, 5.41) is 20.2. The van der Waals surface area contributed by atoms with Crippen molar-refractivity contribution in [1.29, 1.82) is 0 Å². The minimum Gasteiger partial charge on any atom is -0.481 e. The number of carbonyl (C=O) groups excluding carboxylic acids is 1. The summed E-state index contributed by atoms with van der Waals surface area (Å²) in [5.41, 5.74) is 0.754. The van der Waals surface area contributed by atoms with Gasteiger partial charge in [-0.2, -0.15) is 0 Å². The minimum absolute atomic E-state index is 0.0000406. The molecule has 2 unspecified atom stereocenters. The van der Waals surface area contributed by atoms with Crippen LogP contribution in [0.15, 0.2) is 24.3 Å². The largest absolute Gasteiger partial charge is 0.481 e. The van der Waals surface area contributed by atoms with E-state index in [4.69, 9.17) is 0 Å². The Bertz CT molecular complexity index is 686. The fraction of sp³-hybridized carbons (Fsp3) is 0.556. The van der Waals surface area contributed by atoms with E-state index in [0.717, 1.165) is 31.2 Å². The average Bonchev–Trinajstić information content (AvgIpc) is 3.44. The lowest BCUT2D eigenvalue weighted by atomic mass is 9.80. The molecule has 0 saturated heterocycles. The molecule has 7 heteroatoms. The molecule has 1 aromatic rings. The highest BCUT2D eigenvalue weighted by atomic mass is 16.6. The standard InChI is InChI=1S/C18H22N2O5/c21-17(13-4-2-5-14(10-13)18(22)23)19(15-7-8-15)11-12-3-1-6-16(9-12)20(24)25/h1,3,6,9,13-15H,2,4-5,7-8,10-11H2,(H,22,23). The number of carboxylic acids is 1. The lowest BCUT2D eigenvalue weighted by Gasteiger charge is -2.31. The van der Waals surface area contributed by atoms with Gasteiger partial charge in [-0.15, -0.1) is 0 Å². The molecule has 25 heavy (non-hydrogen) atoms. The molecule has 1 amide bonds. The molecule has 0 bridgehead atoms. The molecule has 0 aliphatic heterocycles. The second-order valence-electron chi connectivity index (χ2n) is 7.02. The second kappa shape index (κ2) is 7.21. The quantitative estimate of drug-likeness (QED) is 0.630. The fourth-order valence-electron chi connectivity index (χ4n) is 3.61. The van der Waals surface area contributed by atoms with Gasteiger partial charge in [0.25, 0.3) is 5.69 Å². The number of hydrogen-bond acceptors (Lipinski definition) is 4. The van der Waals surface area contributed by atoms with Gasteiger partial charge in [0.1, 0.15) is 0 Å². The van der Waals surface area contributed by atoms with Gasteiger partial charge in [0, 0.05) is 30.6 Å². The van der Waals surface area contributed by atoms with E-state index < -0.39 is 16.8 Å². The molecule has 3 rings (SSSR count). The van der Waals surface area contributed by atoms with Gasteiger partial charge in [0.2, 0.25) is 5.91 Å². The minimum atomic E-state index is -0.825. The van der Waals surface area contributed by atoms with Gasteiger partial charge < -0.3 is 10.0 Å². The number of aliphatic carboxylic acids is 1. The van der Waals surface area contributed by atoms with E-state index >= 15 is 0 Å². The number of nitrogens with zero attached hydrogens (tertiary/aromatic N) is 2. The van der Waals surface area contributed by atoms with Crippen molar-refractivity contribution < 1.29 is 19.6 Å². The molecule has 1 N–H and O–H groups in total.